The zero-order valence-corrected chi connectivity index (χ0v) is 14.5. The summed E-state index contributed by atoms with van der Waals surface area (Å²) in [5, 5.41) is 2.88. The number of rotatable bonds is 8. The third-order valence-electron chi connectivity index (χ3n) is 3.79. The summed E-state index contributed by atoms with van der Waals surface area (Å²) in [6.07, 6.45) is 0.218. The smallest absolute Gasteiger partial charge is 0.253 e. The van der Waals surface area contributed by atoms with E-state index in [-0.39, 0.29) is 5.91 Å². The van der Waals surface area contributed by atoms with E-state index in [1.54, 1.807) is 0 Å². The summed E-state index contributed by atoms with van der Waals surface area (Å²) in [5.41, 5.74) is 3.05. The van der Waals surface area contributed by atoms with Crippen LogP contribution < -0.4 is 10.1 Å². The third kappa shape index (κ3) is 5.10. The molecular formula is C20H25NO3. The molecule has 4 heteroatoms. The van der Waals surface area contributed by atoms with Crippen LogP contribution in [0.2, 0.25) is 0 Å². The van der Waals surface area contributed by atoms with Crippen molar-refractivity contribution in [3.63, 3.8) is 0 Å². The van der Waals surface area contributed by atoms with Crippen molar-refractivity contribution in [1.29, 1.82) is 0 Å². The van der Waals surface area contributed by atoms with Gasteiger partial charge >= 0.3 is 0 Å². The minimum absolute atomic E-state index is 0.129. The summed E-state index contributed by atoms with van der Waals surface area (Å²) in [6, 6.07) is 15.5. The lowest BCUT2D eigenvalue weighted by molar-refractivity contribution is -0.127. The molecular weight excluding hydrogens is 302 g/mol. The van der Waals surface area contributed by atoms with Gasteiger partial charge in [0.15, 0.2) is 0 Å². The van der Waals surface area contributed by atoms with Gasteiger partial charge in [-0.25, -0.2) is 0 Å². The van der Waals surface area contributed by atoms with E-state index >= 15 is 0 Å². The lowest BCUT2D eigenvalue weighted by Crippen LogP contribution is -2.29. The fraction of sp³-hybridized carbons (Fsp3) is 0.350. The van der Waals surface area contributed by atoms with Gasteiger partial charge < -0.3 is 14.8 Å². The van der Waals surface area contributed by atoms with Gasteiger partial charge in [-0.15, -0.1) is 0 Å². The van der Waals surface area contributed by atoms with Crippen molar-refractivity contribution in [2.75, 3.05) is 11.9 Å². The second kappa shape index (κ2) is 9.08. The molecule has 0 spiro atoms. The van der Waals surface area contributed by atoms with Crippen molar-refractivity contribution >= 4 is 11.6 Å². The number of carbonyl (C=O) groups excluding carboxylic acids is 1. The molecule has 0 aliphatic rings. The molecule has 0 radical (unpaired) electrons. The highest BCUT2D eigenvalue weighted by atomic mass is 16.5. The molecule has 0 heterocycles. The van der Waals surface area contributed by atoms with Crippen LogP contribution in [-0.4, -0.2) is 18.6 Å². The van der Waals surface area contributed by atoms with Crippen LogP contribution in [0.4, 0.5) is 5.69 Å². The van der Waals surface area contributed by atoms with Crippen molar-refractivity contribution in [2.24, 2.45) is 0 Å². The molecule has 0 bridgehead atoms. The summed E-state index contributed by atoms with van der Waals surface area (Å²) in [7, 11) is 0. The van der Waals surface area contributed by atoms with E-state index in [4.69, 9.17) is 9.47 Å². The van der Waals surface area contributed by atoms with Gasteiger partial charge in [-0.2, -0.15) is 0 Å². The van der Waals surface area contributed by atoms with Gasteiger partial charge in [-0.1, -0.05) is 37.3 Å². The first-order chi connectivity index (χ1) is 11.6. The Morgan fingerprint density at radius 1 is 1.12 bits per heavy atom. The van der Waals surface area contributed by atoms with Crippen molar-refractivity contribution in [1.82, 2.24) is 0 Å². The first-order valence-electron chi connectivity index (χ1n) is 8.33. The fourth-order valence-electron chi connectivity index (χ4n) is 2.40. The van der Waals surface area contributed by atoms with Crippen LogP contribution in [0.3, 0.4) is 0 Å². The van der Waals surface area contributed by atoms with E-state index < -0.39 is 6.10 Å². The molecule has 0 aromatic heterocycles. The molecule has 2 aromatic rings. The maximum absolute atomic E-state index is 12.2. The van der Waals surface area contributed by atoms with Crippen molar-refractivity contribution < 1.29 is 14.3 Å². The molecule has 2 rings (SSSR count). The van der Waals surface area contributed by atoms with Gasteiger partial charge in [0.05, 0.1) is 0 Å². The summed E-state index contributed by atoms with van der Waals surface area (Å²) in [4.78, 5) is 12.2. The number of aryl methyl sites for hydroxylation is 1. The number of ether oxygens (including phenoxy) is 2. The van der Waals surface area contributed by atoms with Gasteiger partial charge in [0, 0.05) is 18.4 Å². The predicted molar refractivity (Wildman–Crippen MR) is 96.3 cm³/mol. The quantitative estimate of drug-likeness (QED) is 0.785. The highest BCUT2D eigenvalue weighted by Crippen LogP contribution is 2.20. The van der Waals surface area contributed by atoms with E-state index in [2.05, 4.69) is 24.4 Å². The van der Waals surface area contributed by atoms with Gasteiger partial charge in [0.1, 0.15) is 18.5 Å². The SMILES string of the molecule is CCOC(CC)C(=O)Nc1cccc(OCc2ccccc2C)c1. The largest absolute Gasteiger partial charge is 0.489 e. The fourth-order valence-corrected chi connectivity index (χ4v) is 2.40. The molecule has 0 aliphatic heterocycles. The van der Waals surface area contributed by atoms with Crippen LogP contribution in [0, 0.1) is 6.92 Å². The highest BCUT2D eigenvalue weighted by molar-refractivity contribution is 5.94. The van der Waals surface area contributed by atoms with E-state index in [9.17, 15) is 4.79 Å². The molecule has 0 saturated carbocycles. The normalized spacial score (nSPS) is 11.8. The average Bonchev–Trinajstić information content (AvgIpc) is 2.59. The Labute approximate surface area is 143 Å². The lowest BCUT2D eigenvalue weighted by Gasteiger charge is -2.15. The Morgan fingerprint density at radius 3 is 2.62 bits per heavy atom. The van der Waals surface area contributed by atoms with Crippen LogP contribution >= 0.6 is 0 Å². The van der Waals surface area contributed by atoms with Gasteiger partial charge in [-0.05, 0) is 43.5 Å². The van der Waals surface area contributed by atoms with E-state index in [1.807, 2.05) is 50.2 Å². The van der Waals surface area contributed by atoms with Crippen LogP contribution in [0.25, 0.3) is 0 Å². The maximum atomic E-state index is 12.2. The Bertz CT molecular complexity index is 669. The zero-order valence-electron chi connectivity index (χ0n) is 14.5. The molecule has 4 nitrogen and oxygen atoms in total. The second-order valence-corrected chi connectivity index (χ2v) is 5.58. The minimum atomic E-state index is -0.424. The maximum Gasteiger partial charge on any atom is 0.253 e. The van der Waals surface area contributed by atoms with Crippen LogP contribution in [-0.2, 0) is 16.1 Å². The Hall–Kier alpha value is -2.33. The summed E-state index contributed by atoms with van der Waals surface area (Å²) >= 11 is 0. The van der Waals surface area contributed by atoms with Gasteiger partial charge in [0.2, 0.25) is 0 Å². The first kappa shape index (κ1) is 18.0. The average molecular weight is 327 g/mol. The Kier molecular flexibility index (Phi) is 6.82. The lowest BCUT2D eigenvalue weighted by atomic mass is 10.1. The zero-order chi connectivity index (χ0) is 17.4. The number of anilines is 1. The highest BCUT2D eigenvalue weighted by Gasteiger charge is 2.16. The molecule has 1 atom stereocenters. The molecule has 128 valence electrons. The Morgan fingerprint density at radius 2 is 1.92 bits per heavy atom. The van der Waals surface area contributed by atoms with Crippen LogP contribution in [0.5, 0.6) is 5.75 Å². The molecule has 1 N–H and O–H groups in total. The number of hydrogen-bond donors (Lipinski definition) is 1. The van der Waals surface area contributed by atoms with Gasteiger partial charge in [-0.3, -0.25) is 4.79 Å². The second-order valence-electron chi connectivity index (χ2n) is 5.58. The number of nitrogens with one attached hydrogen (secondary N) is 1. The molecule has 1 amide bonds. The van der Waals surface area contributed by atoms with Gasteiger partial charge in [0.25, 0.3) is 5.91 Å². The summed E-state index contributed by atoms with van der Waals surface area (Å²) in [5.74, 6) is 0.593. The van der Waals surface area contributed by atoms with E-state index in [0.717, 1.165) is 11.3 Å². The first-order valence-corrected chi connectivity index (χ1v) is 8.33. The van der Waals surface area contributed by atoms with Crippen molar-refractivity contribution in [3.05, 3.63) is 59.7 Å². The number of hydrogen-bond acceptors (Lipinski definition) is 3. The standard InChI is InChI=1S/C20H25NO3/c1-4-19(23-5-2)20(22)21-17-11-8-12-18(13-17)24-14-16-10-7-6-9-15(16)3/h6-13,19H,4-5,14H2,1-3H3,(H,21,22). The predicted octanol–water partition coefficient (Wildman–Crippen LogP) is 4.33. The van der Waals surface area contributed by atoms with Crippen molar-refractivity contribution in [3.8, 4) is 5.75 Å². The molecule has 24 heavy (non-hydrogen) atoms. The monoisotopic (exact) mass is 327 g/mol. The third-order valence-corrected chi connectivity index (χ3v) is 3.79. The Balaban J connectivity index is 1.98. The number of benzene rings is 2. The molecule has 0 saturated heterocycles. The molecule has 0 aliphatic carbocycles. The number of amides is 1. The molecule has 2 aromatic carbocycles. The number of carbonyl (C=O) groups is 1. The summed E-state index contributed by atoms with van der Waals surface area (Å²) in [6.45, 7) is 6.90. The molecule has 1 unspecified atom stereocenters. The van der Waals surface area contributed by atoms with Crippen LogP contribution in [0.15, 0.2) is 48.5 Å². The van der Waals surface area contributed by atoms with Crippen LogP contribution in [0.1, 0.15) is 31.4 Å². The van der Waals surface area contributed by atoms with Crippen molar-refractivity contribution in [2.45, 2.75) is 39.9 Å². The minimum Gasteiger partial charge on any atom is -0.489 e. The van der Waals surface area contributed by atoms with E-state index in [0.29, 0.717) is 25.3 Å². The molecule has 0 fully saturated rings. The summed E-state index contributed by atoms with van der Waals surface area (Å²) < 4.78 is 11.3. The topological polar surface area (TPSA) is 47.6 Å². The van der Waals surface area contributed by atoms with E-state index in [1.165, 1.54) is 5.56 Å².